The zero-order valence-corrected chi connectivity index (χ0v) is 12.8. The molecule has 110 valence electrons. The summed E-state index contributed by atoms with van der Waals surface area (Å²) in [5.74, 6) is 1.45. The highest BCUT2D eigenvalue weighted by atomic mass is 32.2. The lowest BCUT2D eigenvalue weighted by Crippen LogP contribution is -2.39. The number of aliphatic hydroxyl groups is 2. The van der Waals surface area contributed by atoms with Crippen molar-refractivity contribution in [2.45, 2.75) is 69.3 Å². The first-order valence-electron chi connectivity index (χ1n) is 7.49. The van der Waals surface area contributed by atoms with Gasteiger partial charge in [0.05, 0.1) is 11.7 Å². The standard InChI is InChI=1S/C15H26O3S/c1-3-4-5-6-15(2,18)9-19-14-11-8-12(16)10(11)7-13(14)17/h10-11,13-14,17-18H,3-9H2,1-2H3/t10?,11?,13-,14-,15?/m1/s1. The molecule has 2 aliphatic carbocycles. The van der Waals surface area contributed by atoms with E-state index in [1.807, 2.05) is 6.92 Å². The highest BCUT2D eigenvalue weighted by molar-refractivity contribution is 8.00. The molecule has 2 rings (SSSR count). The third kappa shape index (κ3) is 3.53. The van der Waals surface area contributed by atoms with Gasteiger partial charge in [-0.2, -0.15) is 11.8 Å². The lowest BCUT2D eigenvalue weighted by atomic mass is 9.75. The summed E-state index contributed by atoms with van der Waals surface area (Å²) in [7, 11) is 0. The predicted octanol–water partition coefficient (Wildman–Crippen LogP) is 2.39. The molecule has 3 nitrogen and oxygen atoms in total. The van der Waals surface area contributed by atoms with Crippen molar-refractivity contribution in [1.29, 1.82) is 0 Å². The summed E-state index contributed by atoms with van der Waals surface area (Å²) in [5.41, 5.74) is -0.647. The minimum Gasteiger partial charge on any atom is -0.392 e. The van der Waals surface area contributed by atoms with E-state index >= 15 is 0 Å². The Balaban J connectivity index is 1.77. The molecule has 3 unspecified atom stereocenters. The highest BCUT2D eigenvalue weighted by Crippen LogP contribution is 2.49. The van der Waals surface area contributed by atoms with Crippen molar-refractivity contribution in [3.05, 3.63) is 0 Å². The number of carbonyl (C=O) groups is 1. The summed E-state index contributed by atoms with van der Waals surface area (Å²) in [6, 6.07) is 0. The molecule has 2 N–H and O–H groups in total. The molecule has 2 aliphatic rings. The van der Waals surface area contributed by atoms with Crippen LogP contribution in [0, 0.1) is 11.8 Å². The van der Waals surface area contributed by atoms with Crippen LogP contribution in [0.15, 0.2) is 0 Å². The van der Waals surface area contributed by atoms with Gasteiger partial charge in [-0.15, -0.1) is 0 Å². The van der Waals surface area contributed by atoms with Crippen molar-refractivity contribution in [2.75, 3.05) is 5.75 Å². The van der Waals surface area contributed by atoms with Crippen molar-refractivity contribution in [2.24, 2.45) is 11.8 Å². The van der Waals surface area contributed by atoms with Gasteiger partial charge in [-0.25, -0.2) is 0 Å². The summed E-state index contributed by atoms with van der Waals surface area (Å²) in [6.45, 7) is 4.05. The van der Waals surface area contributed by atoms with Crippen LogP contribution in [-0.2, 0) is 4.79 Å². The number of rotatable bonds is 7. The molecular formula is C15H26O3S. The molecule has 0 spiro atoms. The van der Waals surface area contributed by atoms with Gasteiger partial charge in [-0.05, 0) is 25.7 Å². The summed E-state index contributed by atoms with van der Waals surface area (Å²) in [4.78, 5) is 11.4. The van der Waals surface area contributed by atoms with Gasteiger partial charge in [-0.3, -0.25) is 4.79 Å². The van der Waals surface area contributed by atoms with Crippen LogP contribution in [0.5, 0.6) is 0 Å². The van der Waals surface area contributed by atoms with E-state index in [1.54, 1.807) is 11.8 Å². The van der Waals surface area contributed by atoms with Crippen LogP contribution in [0.1, 0.15) is 52.4 Å². The van der Waals surface area contributed by atoms with Gasteiger partial charge in [0.1, 0.15) is 5.78 Å². The Bertz CT molecular complexity index is 329. The zero-order valence-electron chi connectivity index (χ0n) is 12.0. The van der Waals surface area contributed by atoms with Gasteiger partial charge in [-0.1, -0.05) is 26.2 Å². The second-order valence-corrected chi connectivity index (χ2v) is 7.64. The molecule has 0 heterocycles. The third-order valence-corrected chi connectivity index (χ3v) is 6.41. The van der Waals surface area contributed by atoms with Crippen LogP contribution in [0.4, 0.5) is 0 Å². The van der Waals surface area contributed by atoms with Gasteiger partial charge in [0.2, 0.25) is 0 Å². The molecule has 0 aromatic carbocycles. The molecule has 0 aliphatic heterocycles. The molecule has 0 radical (unpaired) electrons. The van der Waals surface area contributed by atoms with E-state index in [1.165, 1.54) is 0 Å². The fourth-order valence-corrected chi connectivity index (χ4v) is 4.84. The Labute approximate surface area is 120 Å². The number of fused-ring (bicyclic) bond motifs is 1. The van der Waals surface area contributed by atoms with E-state index in [4.69, 9.17) is 0 Å². The molecule has 5 atom stereocenters. The van der Waals surface area contributed by atoms with Crippen LogP contribution in [0.25, 0.3) is 0 Å². The number of hydrogen-bond donors (Lipinski definition) is 2. The normalized spacial score (nSPS) is 36.7. The van der Waals surface area contributed by atoms with Gasteiger partial charge in [0.25, 0.3) is 0 Å². The first-order valence-corrected chi connectivity index (χ1v) is 8.54. The molecule has 0 bridgehead atoms. The topological polar surface area (TPSA) is 57.5 Å². The summed E-state index contributed by atoms with van der Waals surface area (Å²) in [5, 5.41) is 20.5. The van der Waals surface area contributed by atoms with E-state index in [9.17, 15) is 15.0 Å². The average Bonchev–Trinajstić information content (AvgIpc) is 2.59. The molecule has 2 saturated carbocycles. The number of aliphatic hydroxyl groups excluding tert-OH is 1. The second kappa shape index (κ2) is 6.15. The monoisotopic (exact) mass is 286 g/mol. The van der Waals surface area contributed by atoms with E-state index in [-0.39, 0.29) is 17.3 Å². The van der Waals surface area contributed by atoms with Crippen LogP contribution in [-0.4, -0.2) is 38.7 Å². The molecule has 0 saturated heterocycles. The van der Waals surface area contributed by atoms with E-state index < -0.39 is 5.60 Å². The van der Waals surface area contributed by atoms with Gasteiger partial charge in [0.15, 0.2) is 0 Å². The summed E-state index contributed by atoms with van der Waals surface area (Å²) >= 11 is 1.67. The quantitative estimate of drug-likeness (QED) is 0.706. The number of ketones is 1. The number of thioether (sulfide) groups is 1. The number of unbranched alkanes of at least 4 members (excludes halogenated alkanes) is 2. The smallest absolute Gasteiger partial charge is 0.136 e. The molecule has 2 fully saturated rings. The molecule has 0 aromatic heterocycles. The third-order valence-electron chi connectivity index (χ3n) is 4.57. The highest BCUT2D eigenvalue weighted by Gasteiger charge is 2.53. The van der Waals surface area contributed by atoms with Crippen LogP contribution in [0.2, 0.25) is 0 Å². The molecular weight excluding hydrogens is 260 g/mol. The van der Waals surface area contributed by atoms with Crippen LogP contribution < -0.4 is 0 Å². The Morgan fingerprint density at radius 1 is 1.42 bits per heavy atom. The van der Waals surface area contributed by atoms with E-state index in [0.29, 0.717) is 30.3 Å². The molecule has 0 amide bonds. The Morgan fingerprint density at radius 2 is 2.16 bits per heavy atom. The van der Waals surface area contributed by atoms with Crippen LogP contribution >= 0.6 is 11.8 Å². The van der Waals surface area contributed by atoms with E-state index in [0.717, 1.165) is 25.7 Å². The van der Waals surface area contributed by atoms with Crippen molar-refractivity contribution >= 4 is 17.5 Å². The first kappa shape index (κ1) is 15.3. The summed E-state index contributed by atoms with van der Waals surface area (Å²) in [6.07, 6.45) is 5.11. The van der Waals surface area contributed by atoms with Crippen molar-refractivity contribution in [3.8, 4) is 0 Å². The van der Waals surface area contributed by atoms with Gasteiger partial charge < -0.3 is 10.2 Å². The minimum atomic E-state index is -0.647. The van der Waals surface area contributed by atoms with E-state index in [2.05, 4.69) is 6.92 Å². The lowest BCUT2D eigenvalue weighted by molar-refractivity contribution is -0.132. The Morgan fingerprint density at radius 3 is 2.74 bits per heavy atom. The Kier molecular flexibility index (Phi) is 4.96. The average molecular weight is 286 g/mol. The molecule has 0 aromatic rings. The number of Topliss-reactive ketones (excluding diaryl/α,β-unsaturated/α-hetero) is 1. The number of hydrogen-bond acceptors (Lipinski definition) is 4. The van der Waals surface area contributed by atoms with Gasteiger partial charge in [0, 0.05) is 23.3 Å². The SMILES string of the molecule is CCCCCC(C)(O)CS[C@@H]1C2CC(=O)C2C[C@H]1O. The summed E-state index contributed by atoms with van der Waals surface area (Å²) < 4.78 is 0. The zero-order chi connectivity index (χ0) is 14.0. The second-order valence-electron chi connectivity index (χ2n) is 6.47. The number of carbonyl (C=O) groups excluding carboxylic acids is 1. The lowest BCUT2D eigenvalue weighted by Gasteiger charge is -2.33. The maximum Gasteiger partial charge on any atom is 0.136 e. The first-order chi connectivity index (χ1) is 8.94. The van der Waals surface area contributed by atoms with Gasteiger partial charge >= 0.3 is 0 Å². The maximum atomic E-state index is 11.4. The van der Waals surface area contributed by atoms with Crippen molar-refractivity contribution < 1.29 is 15.0 Å². The largest absolute Gasteiger partial charge is 0.392 e. The van der Waals surface area contributed by atoms with Crippen molar-refractivity contribution in [1.82, 2.24) is 0 Å². The van der Waals surface area contributed by atoms with Crippen molar-refractivity contribution in [3.63, 3.8) is 0 Å². The fraction of sp³-hybridized carbons (Fsp3) is 0.933. The fourth-order valence-electron chi connectivity index (χ4n) is 3.27. The predicted molar refractivity (Wildman–Crippen MR) is 78.2 cm³/mol. The maximum absolute atomic E-state index is 11.4. The van der Waals surface area contributed by atoms with Crippen LogP contribution in [0.3, 0.4) is 0 Å². The molecule has 4 heteroatoms. The molecule has 19 heavy (non-hydrogen) atoms. The minimum absolute atomic E-state index is 0.109. The Hall–Kier alpha value is -0.0600.